The molecule has 0 aliphatic carbocycles. The minimum Gasteiger partial charge on any atom is -0.382 e. The summed E-state index contributed by atoms with van der Waals surface area (Å²) in [6, 6.07) is 8.12. The zero-order chi connectivity index (χ0) is 15.4. The molecule has 1 atom stereocenters. The molecule has 1 aliphatic heterocycles. The number of aromatic nitrogens is 1. The molecule has 1 fully saturated rings. The summed E-state index contributed by atoms with van der Waals surface area (Å²) in [6.45, 7) is 3.62. The molecule has 1 aromatic carbocycles. The van der Waals surface area contributed by atoms with Gasteiger partial charge in [-0.05, 0) is 24.3 Å². The van der Waals surface area contributed by atoms with Crippen molar-refractivity contribution >= 4 is 0 Å². The Bertz CT molecular complexity index is 598. The molecule has 0 saturated carbocycles. The Morgan fingerprint density at radius 2 is 2.18 bits per heavy atom. The van der Waals surface area contributed by atoms with Gasteiger partial charge in [-0.1, -0.05) is 5.16 Å². The van der Waals surface area contributed by atoms with Crippen LogP contribution in [0.25, 0.3) is 11.3 Å². The molecule has 0 spiro atoms. The Kier molecular flexibility index (Phi) is 4.82. The molecule has 5 nitrogen and oxygen atoms in total. The fraction of sp³-hybridized carbons (Fsp3) is 0.438. The fourth-order valence-electron chi connectivity index (χ4n) is 2.58. The van der Waals surface area contributed by atoms with Crippen molar-refractivity contribution in [1.82, 2.24) is 10.1 Å². The van der Waals surface area contributed by atoms with Crippen LogP contribution in [0.5, 0.6) is 0 Å². The lowest BCUT2D eigenvalue weighted by Gasteiger charge is -2.31. The topological polar surface area (TPSA) is 47.7 Å². The fourth-order valence-corrected chi connectivity index (χ4v) is 2.58. The first-order valence-corrected chi connectivity index (χ1v) is 7.29. The van der Waals surface area contributed by atoms with Crippen LogP contribution in [-0.2, 0) is 16.0 Å². The maximum Gasteiger partial charge on any atom is 0.151 e. The van der Waals surface area contributed by atoms with Gasteiger partial charge in [0.05, 0.1) is 25.9 Å². The van der Waals surface area contributed by atoms with Crippen molar-refractivity contribution < 1.29 is 18.4 Å². The number of rotatable bonds is 5. The molecule has 0 radical (unpaired) electrons. The number of ether oxygens (including phenoxy) is 2. The van der Waals surface area contributed by atoms with Crippen molar-refractivity contribution in [3.05, 3.63) is 41.9 Å². The number of hydrogen-bond donors (Lipinski definition) is 0. The highest BCUT2D eigenvalue weighted by Crippen LogP contribution is 2.20. The van der Waals surface area contributed by atoms with Crippen LogP contribution in [0.15, 0.2) is 34.9 Å². The zero-order valence-corrected chi connectivity index (χ0v) is 12.5. The number of nitrogens with zero attached hydrogens (tertiary/aromatic N) is 2. The summed E-state index contributed by atoms with van der Waals surface area (Å²) in [5, 5.41) is 4.06. The van der Waals surface area contributed by atoms with E-state index >= 15 is 0 Å². The average Bonchev–Trinajstić information content (AvgIpc) is 2.97. The molecular formula is C16H19FN2O3. The van der Waals surface area contributed by atoms with Crippen LogP contribution in [0.2, 0.25) is 0 Å². The molecule has 1 aromatic heterocycles. The van der Waals surface area contributed by atoms with Crippen LogP contribution in [0.4, 0.5) is 4.39 Å². The van der Waals surface area contributed by atoms with Gasteiger partial charge in [0, 0.05) is 31.8 Å². The van der Waals surface area contributed by atoms with Gasteiger partial charge in [-0.15, -0.1) is 0 Å². The van der Waals surface area contributed by atoms with E-state index in [0.717, 1.165) is 30.1 Å². The molecule has 118 valence electrons. The molecule has 2 heterocycles. The van der Waals surface area contributed by atoms with E-state index in [0.29, 0.717) is 19.8 Å². The monoisotopic (exact) mass is 306 g/mol. The predicted molar refractivity (Wildman–Crippen MR) is 78.8 cm³/mol. The Labute approximate surface area is 128 Å². The Balaban J connectivity index is 1.63. The van der Waals surface area contributed by atoms with Crippen LogP contribution in [0, 0.1) is 5.82 Å². The third kappa shape index (κ3) is 3.71. The first-order chi connectivity index (χ1) is 10.7. The smallest absolute Gasteiger partial charge is 0.151 e. The summed E-state index contributed by atoms with van der Waals surface area (Å²) in [5.74, 6) is 0.530. The lowest BCUT2D eigenvalue weighted by molar-refractivity contribution is -0.0646. The van der Waals surface area contributed by atoms with E-state index in [-0.39, 0.29) is 11.9 Å². The molecule has 0 bridgehead atoms. The maximum atomic E-state index is 12.9. The Hall–Kier alpha value is -1.76. The van der Waals surface area contributed by atoms with Gasteiger partial charge in [0.1, 0.15) is 11.5 Å². The van der Waals surface area contributed by atoms with Gasteiger partial charge in [-0.3, -0.25) is 4.90 Å². The van der Waals surface area contributed by atoms with E-state index in [9.17, 15) is 4.39 Å². The van der Waals surface area contributed by atoms with E-state index in [1.54, 1.807) is 19.2 Å². The molecular weight excluding hydrogens is 287 g/mol. The van der Waals surface area contributed by atoms with Crippen LogP contribution >= 0.6 is 0 Å². The summed E-state index contributed by atoms with van der Waals surface area (Å²) in [5.41, 5.74) is 1.56. The van der Waals surface area contributed by atoms with Crippen molar-refractivity contribution in [1.29, 1.82) is 0 Å². The molecule has 0 amide bonds. The van der Waals surface area contributed by atoms with E-state index < -0.39 is 0 Å². The van der Waals surface area contributed by atoms with Crippen molar-refractivity contribution in [2.45, 2.75) is 12.6 Å². The van der Waals surface area contributed by atoms with Crippen molar-refractivity contribution in [2.75, 3.05) is 33.4 Å². The molecule has 1 unspecified atom stereocenters. The molecule has 3 rings (SSSR count). The maximum absolute atomic E-state index is 12.9. The third-order valence-electron chi connectivity index (χ3n) is 3.65. The lowest BCUT2D eigenvalue weighted by atomic mass is 10.1. The van der Waals surface area contributed by atoms with Crippen LogP contribution in [0.1, 0.15) is 5.76 Å². The highest BCUT2D eigenvalue weighted by atomic mass is 19.1. The molecule has 1 saturated heterocycles. The predicted octanol–water partition coefficient (Wildman–Crippen LogP) is 2.33. The van der Waals surface area contributed by atoms with Gasteiger partial charge in [0.15, 0.2) is 5.76 Å². The van der Waals surface area contributed by atoms with E-state index in [2.05, 4.69) is 10.1 Å². The van der Waals surface area contributed by atoms with Gasteiger partial charge in [0.2, 0.25) is 0 Å². The highest BCUT2D eigenvalue weighted by Gasteiger charge is 2.21. The van der Waals surface area contributed by atoms with Gasteiger partial charge in [0.25, 0.3) is 0 Å². The summed E-state index contributed by atoms with van der Waals surface area (Å²) in [6.07, 6.45) is 0.0956. The summed E-state index contributed by atoms with van der Waals surface area (Å²) < 4.78 is 29.1. The quantitative estimate of drug-likeness (QED) is 0.848. The highest BCUT2D eigenvalue weighted by molar-refractivity contribution is 5.58. The Morgan fingerprint density at radius 3 is 2.95 bits per heavy atom. The van der Waals surface area contributed by atoms with Gasteiger partial charge in [-0.25, -0.2) is 4.39 Å². The van der Waals surface area contributed by atoms with E-state index in [1.165, 1.54) is 12.1 Å². The van der Waals surface area contributed by atoms with Crippen molar-refractivity contribution in [3.63, 3.8) is 0 Å². The SMILES string of the molecule is COCC1CN(Cc2cc(-c3ccc(F)cc3)no2)CCO1. The van der Waals surface area contributed by atoms with E-state index in [4.69, 9.17) is 14.0 Å². The zero-order valence-electron chi connectivity index (χ0n) is 12.5. The average molecular weight is 306 g/mol. The van der Waals surface area contributed by atoms with Gasteiger partial charge < -0.3 is 14.0 Å². The molecule has 0 N–H and O–H groups in total. The second-order valence-corrected chi connectivity index (χ2v) is 5.37. The number of benzene rings is 1. The minimum atomic E-state index is -0.259. The van der Waals surface area contributed by atoms with Gasteiger partial charge in [-0.2, -0.15) is 0 Å². The number of hydrogen-bond acceptors (Lipinski definition) is 5. The van der Waals surface area contributed by atoms with Gasteiger partial charge >= 0.3 is 0 Å². The molecule has 1 aliphatic rings. The summed E-state index contributed by atoms with van der Waals surface area (Å²) >= 11 is 0. The molecule has 22 heavy (non-hydrogen) atoms. The Morgan fingerprint density at radius 1 is 1.36 bits per heavy atom. The second-order valence-electron chi connectivity index (χ2n) is 5.37. The standard InChI is InChI=1S/C16H19FN2O3/c1-20-11-15-10-19(6-7-21-15)9-14-8-16(18-22-14)12-2-4-13(17)5-3-12/h2-5,8,15H,6-7,9-11H2,1H3. The molecule has 6 heteroatoms. The van der Waals surface area contributed by atoms with E-state index in [1.807, 2.05) is 6.07 Å². The number of methoxy groups -OCH3 is 1. The lowest BCUT2D eigenvalue weighted by Crippen LogP contribution is -2.43. The minimum absolute atomic E-state index is 0.0956. The van der Waals surface area contributed by atoms with Crippen LogP contribution < -0.4 is 0 Å². The van der Waals surface area contributed by atoms with Crippen LogP contribution in [-0.4, -0.2) is 49.6 Å². The first kappa shape index (κ1) is 15.1. The largest absolute Gasteiger partial charge is 0.382 e. The van der Waals surface area contributed by atoms with Crippen molar-refractivity contribution in [2.24, 2.45) is 0 Å². The number of halogens is 1. The van der Waals surface area contributed by atoms with Crippen molar-refractivity contribution in [3.8, 4) is 11.3 Å². The normalized spacial score (nSPS) is 19.5. The summed E-state index contributed by atoms with van der Waals surface area (Å²) in [7, 11) is 1.67. The third-order valence-corrected chi connectivity index (χ3v) is 3.65. The summed E-state index contributed by atoms with van der Waals surface area (Å²) in [4.78, 5) is 2.25. The number of morpholine rings is 1. The van der Waals surface area contributed by atoms with Crippen LogP contribution in [0.3, 0.4) is 0 Å². The second kappa shape index (κ2) is 7.00. The first-order valence-electron chi connectivity index (χ1n) is 7.29. The molecule has 2 aromatic rings.